The normalized spacial score (nSPS) is 22.2. The van der Waals surface area contributed by atoms with Crippen molar-refractivity contribution >= 4 is 5.91 Å². The number of hydrogen-bond acceptors (Lipinski definition) is 2. The molecule has 1 N–H and O–H groups in total. The Kier molecular flexibility index (Phi) is 3.33. The van der Waals surface area contributed by atoms with Crippen LogP contribution in [0.3, 0.4) is 0 Å². The van der Waals surface area contributed by atoms with E-state index in [2.05, 4.69) is 29.6 Å². The van der Waals surface area contributed by atoms with Crippen LogP contribution in [0.4, 0.5) is 0 Å². The Morgan fingerprint density at radius 1 is 1.28 bits per heavy atom. The van der Waals surface area contributed by atoms with Crippen LogP contribution in [0, 0.1) is 0 Å². The number of benzene rings is 1. The molecule has 3 rings (SSSR count). The number of nitrogens with zero attached hydrogens (tertiary/aromatic N) is 1. The van der Waals surface area contributed by atoms with Gasteiger partial charge < -0.3 is 10.2 Å². The first kappa shape index (κ1) is 11.7. The van der Waals surface area contributed by atoms with E-state index in [1.165, 1.54) is 11.1 Å². The molecule has 2 aliphatic rings. The van der Waals surface area contributed by atoms with Crippen LogP contribution in [-0.4, -0.2) is 37.0 Å². The maximum Gasteiger partial charge on any atom is 0.222 e. The second kappa shape index (κ2) is 5.11. The van der Waals surface area contributed by atoms with Gasteiger partial charge in [-0.1, -0.05) is 24.3 Å². The Morgan fingerprint density at radius 3 is 2.83 bits per heavy atom. The highest BCUT2D eigenvalue weighted by Crippen LogP contribution is 2.37. The monoisotopic (exact) mass is 244 g/mol. The number of hydrogen-bond donors (Lipinski definition) is 1. The van der Waals surface area contributed by atoms with Gasteiger partial charge >= 0.3 is 0 Å². The maximum absolute atomic E-state index is 12.1. The van der Waals surface area contributed by atoms with Gasteiger partial charge in [-0.25, -0.2) is 0 Å². The molecule has 1 aliphatic heterocycles. The summed E-state index contributed by atoms with van der Waals surface area (Å²) in [5, 5.41) is 3.28. The van der Waals surface area contributed by atoms with Crippen molar-refractivity contribution < 1.29 is 4.79 Å². The molecule has 0 aromatic heterocycles. The third-order valence-corrected chi connectivity index (χ3v) is 4.14. The summed E-state index contributed by atoms with van der Waals surface area (Å²) in [4.78, 5) is 14.1. The van der Waals surface area contributed by atoms with Gasteiger partial charge in [-0.3, -0.25) is 4.79 Å². The van der Waals surface area contributed by atoms with Gasteiger partial charge in [0.2, 0.25) is 5.91 Å². The number of fused-ring (bicyclic) bond motifs is 1. The minimum absolute atomic E-state index is 0.334. The zero-order valence-electron chi connectivity index (χ0n) is 10.7. The van der Waals surface area contributed by atoms with Crippen molar-refractivity contribution in [1.29, 1.82) is 0 Å². The average molecular weight is 244 g/mol. The molecule has 1 aromatic rings. The minimum atomic E-state index is 0.334. The zero-order chi connectivity index (χ0) is 12.4. The van der Waals surface area contributed by atoms with E-state index >= 15 is 0 Å². The molecule has 0 radical (unpaired) electrons. The molecule has 1 aromatic carbocycles. The SMILES string of the molecule is O=C(CCC1Cc2ccccc21)N1CCNCC1. The Balaban J connectivity index is 1.49. The van der Waals surface area contributed by atoms with Gasteiger partial charge in [0, 0.05) is 32.6 Å². The summed E-state index contributed by atoms with van der Waals surface area (Å²) < 4.78 is 0. The first-order chi connectivity index (χ1) is 8.84. The number of carbonyl (C=O) groups excluding carboxylic acids is 1. The fourth-order valence-corrected chi connectivity index (χ4v) is 2.99. The van der Waals surface area contributed by atoms with Gasteiger partial charge in [0.1, 0.15) is 0 Å². The second-order valence-corrected chi connectivity index (χ2v) is 5.27. The van der Waals surface area contributed by atoms with Crippen molar-refractivity contribution in [3.8, 4) is 0 Å². The Bertz CT molecular complexity index is 438. The van der Waals surface area contributed by atoms with Gasteiger partial charge in [-0.05, 0) is 29.9 Å². The third-order valence-electron chi connectivity index (χ3n) is 4.14. The molecule has 1 fully saturated rings. The lowest BCUT2D eigenvalue weighted by Gasteiger charge is -2.32. The number of rotatable bonds is 3. The van der Waals surface area contributed by atoms with E-state index in [0.717, 1.165) is 39.0 Å². The summed E-state index contributed by atoms with van der Waals surface area (Å²) in [6, 6.07) is 8.60. The van der Waals surface area contributed by atoms with E-state index < -0.39 is 0 Å². The topological polar surface area (TPSA) is 32.3 Å². The van der Waals surface area contributed by atoms with Gasteiger partial charge in [0.05, 0.1) is 0 Å². The summed E-state index contributed by atoms with van der Waals surface area (Å²) in [7, 11) is 0. The molecule has 0 spiro atoms. The summed E-state index contributed by atoms with van der Waals surface area (Å²) in [5.74, 6) is 0.953. The van der Waals surface area contributed by atoms with Gasteiger partial charge in [0.25, 0.3) is 0 Å². The highest BCUT2D eigenvalue weighted by atomic mass is 16.2. The molecule has 1 unspecified atom stereocenters. The quantitative estimate of drug-likeness (QED) is 0.874. The van der Waals surface area contributed by atoms with E-state index in [1.807, 2.05) is 4.90 Å². The van der Waals surface area contributed by atoms with Gasteiger partial charge in [-0.2, -0.15) is 0 Å². The Hall–Kier alpha value is -1.35. The lowest BCUT2D eigenvalue weighted by molar-refractivity contribution is -0.131. The highest BCUT2D eigenvalue weighted by molar-refractivity contribution is 5.76. The van der Waals surface area contributed by atoms with Crippen molar-refractivity contribution in [2.75, 3.05) is 26.2 Å². The average Bonchev–Trinajstić information content (AvgIpc) is 2.40. The molecule has 1 aliphatic carbocycles. The summed E-state index contributed by atoms with van der Waals surface area (Å²) >= 11 is 0. The Morgan fingerprint density at radius 2 is 2.06 bits per heavy atom. The first-order valence-corrected chi connectivity index (χ1v) is 6.91. The van der Waals surface area contributed by atoms with Crippen LogP contribution in [0.5, 0.6) is 0 Å². The van der Waals surface area contributed by atoms with Crippen molar-refractivity contribution in [2.24, 2.45) is 0 Å². The van der Waals surface area contributed by atoms with Crippen LogP contribution < -0.4 is 5.32 Å². The fraction of sp³-hybridized carbons (Fsp3) is 0.533. The van der Waals surface area contributed by atoms with Crippen molar-refractivity contribution in [3.63, 3.8) is 0 Å². The third kappa shape index (κ3) is 2.27. The van der Waals surface area contributed by atoms with E-state index in [0.29, 0.717) is 18.2 Å². The summed E-state index contributed by atoms with van der Waals surface area (Å²) in [5.41, 5.74) is 2.93. The molecule has 1 atom stereocenters. The van der Waals surface area contributed by atoms with Crippen LogP contribution in [0.15, 0.2) is 24.3 Å². The van der Waals surface area contributed by atoms with Crippen LogP contribution >= 0.6 is 0 Å². The fourth-order valence-electron chi connectivity index (χ4n) is 2.99. The van der Waals surface area contributed by atoms with E-state index in [1.54, 1.807) is 0 Å². The van der Waals surface area contributed by atoms with Crippen LogP contribution in [0.25, 0.3) is 0 Å². The zero-order valence-corrected chi connectivity index (χ0v) is 10.7. The number of piperazine rings is 1. The lowest BCUT2D eigenvalue weighted by atomic mass is 9.75. The predicted molar refractivity (Wildman–Crippen MR) is 71.6 cm³/mol. The van der Waals surface area contributed by atoms with Crippen molar-refractivity contribution in [1.82, 2.24) is 10.2 Å². The molecule has 0 bridgehead atoms. The molecule has 96 valence electrons. The molecule has 18 heavy (non-hydrogen) atoms. The van der Waals surface area contributed by atoms with E-state index in [4.69, 9.17) is 0 Å². The highest BCUT2D eigenvalue weighted by Gasteiger charge is 2.26. The summed E-state index contributed by atoms with van der Waals surface area (Å²) in [6.45, 7) is 3.64. The van der Waals surface area contributed by atoms with Crippen molar-refractivity contribution in [2.45, 2.75) is 25.2 Å². The number of nitrogens with one attached hydrogen (secondary N) is 1. The first-order valence-electron chi connectivity index (χ1n) is 6.91. The van der Waals surface area contributed by atoms with Crippen LogP contribution in [0.2, 0.25) is 0 Å². The number of amides is 1. The van der Waals surface area contributed by atoms with Crippen LogP contribution in [0.1, 0.15) is 29.9 Å². The molecule has 1 amide bonds. The summed E-state index contributed by atoms with van der Waals surface area (Å²) in [6.07, 6.45) is 2.88. The molecule has 0 saturated carbocycles. The van der Waals surface area contributed by atoms with Crippen LogP contribution in [-0.2, 0) is 11.2 Å². The van der Waals surface area contributed by atoms with Gasteiger partial charge in [0.15, 0.2) is 0 Å². The lowest BCUT2D eigenvalue weighted by Crippen LogP contribution is -2.46. The largest absolute Gasteiger partial charge is 0.340 e. The minimum Gasteiger partial charge on any atom is -0.340 e. The standard InChI is InChI=1S/C15H20N2O/c18-15(17-9-7-16-8-10-17)6-5-13-11-12-3-1-2-4-14(12)13/h1-4,13,16H,5-11H2. The molecular formula is C15H20N2O. The second-order valence-electron chi connectivity index (χ2n) is 5.27. The smallest absolute Gasteiger partial charge is 0.222 e. The number of carbonyl (C=O) groups is 1. The van der Waals surface area contributed by atoms with E-state index in [-0.39, 0.29) is 0 Å². The molecule has 3 nitrogen and oxygen atoms in total. The molecular weight excluding hydrogens is 224 g/mol. The van der Waals surface area contributed by atoms with Gasteiger partial charge in [-0.15, -0.1) is 0 Å². The molecule has 1 saturated heterocycles. The van der Waals surface area contributed by atoms with Crippen molar-refractivity contribution in [3.05, 3.63) is 35.4 Å². The molecule has 3 heteroatoms. The maximum atomic E-state index is 12.1. The Labute approximate surface area is 108 Å². The molecule has 1 heterocycles. The van der Waals surface area contributed by atoms with E-state index in [9.17, 15) is 4.79 Å². The predicted octanol–water partition coefficient (Wildman–Crippen LogP) is 1.54.